The van der Waals surface area contributed by atoms with Crippen molar-refractivity contribution in [3.8, 4) is 0 Å². The lowest BCUT2D eigenvalue weighted by Gasteiger charge is -2.06. The number of hydrogen-bond acceptors (Lipinski definition) is 4. The van der Waals surface area contributed by atoms with E-state index in [1.807, 2.05) is 0 Å². The molecule has 0 aromatic carbocycles. The van der Waals surface area contributed by atoms with Crippen LogP contribution in [0.15, 0.2) is 12.3 Å². The minimum atomic E-state index is -0.504. The SMILES string of the molecule is O=[N+]([O-])c1cnc(NCCCC2CC2)c(Cl)c1. The van der Waals surface area contributed by atoms with Crippen LogP contribution in [0.2, 0.25) is 5.02 Å². The highest BCUT2D eigenvalue weighted by molar-refractivity contribution is 6.33. The van der Waals surface area contributed by atoms with Crippen molar-refractivity contribution in [3.05, 3.63) is 27.4 Å². The Hall–Kier alpha value is -1.36. The van der Waals surface area contributed by atoms with E-state index in [2.05, 4.69) is 10.3 Å². The molecule has 1 N–H and O–H groups in total. The number of aromatic nitrogens is 1. The number of hydrogen-bond donors (Lipinski definition) is 1. The molecule has 0 bridgehead atoms. The first-order chi connectivity index (χ1) is 8.16. The van der Waals surface area contributed by atoms with E-state index in [9.17, 15) is 10.1 Å². The van der Waals surface area contributed by atoms with Gasteiger partial charge in [-0.05, 0) is 18.8 Å². The van der Waals surface area contributed by atoms with Crippen molar-refractivity contribution in [3.63, 3.8) is 0 Å². The molecule has 5 nitrogen and oxygen atoms in total. The first-order valence-corrected chi connectivity index (χ1v) is 6.08. The van der Waals surface area contributed by atoms with Crippen LogP contribution < -0.4 is 5.32 Å². The van der Waals surface area contributed by atoms with Crippen LogP contribution in [0.25, 0.3) is 0 Å². The Balaban J connectivity index is 1.84. The van der Waals surface area contributed by atoms with E-state index in [1.165, 1.54) is 31.5 Å². The second kappa shape index (κ2) is 5.31. The highest BCUT2D eigenvalue weighted by Crippen LogP contribution is 2.33. The predicted molar refractivity (Wildman–Crippen MR) is 66.3 cm³/mol. The van der Waals surface area contributed by atoms with Gasteiger partial charge in [0.15, 0.2) is 0 Å². The van der Waals surface area contributed by atoms with Crippen molar-refractivity contribution in [1.29, 1.82) is 0 Å². The summed E-state index contributed by atoms with van der Waals surface area (Å²) >= 11 is 5.90. The normalized spacial score (nSPS) is 14.6. The van der Waals surface area contributed by atoms with Gasteiger partial charge in [0.25, 0.3) is 5.69 Å². The first-order valence-electron chi connectivity index (χ1n) is 5.70. The highest BCUT2D eigenvalue weighted by atomic mass is 35.5. The molecule has 2 rings (SSSR count). The Morgan fingerprint density at radius 3 is 2.94 bits per heavy atom. The third-order valence-electron chi connectivity index (χ3n) is 2.82. The van der Waals surface area contributed by atoms with Crippen LogP contribution >= 0.6 is 11.6 Å². The lowest BCUT2D eigenvalue weighted by molar-refractivity contribution is -0.385. The van der Waals surface area contributed by atoms with Crippen molar-refractivity contribution in [2.45, 2.75) is 25.7 Å². The molecule has 0 amide bonds. The van der Waals surface area contributed by atoms with E-state index < -0.39 is 4.92 Å². The van der Waals surface area contributed by atoms with Gasteiger partial charge >= 0.3 is 0 Å². The van der Waals surface area contributed by atoms with E-state index in [1.54, 1.807) is 0 Å². The molecule has 1 heterocycles. The van der Waals surface area contributed by atoms with Crippen molar-refractivity contribution < 1.29 is 4.92 Å². The maximum Gasteiger partial charge on any atom is 0.289 e. The van der Waals surface area contributed by atoms with Gasteiger partial charge < -0.3 is 5.32 Å². The quantitative estimate of drug-likeness (QED) is 0.481. The van der Waals surface area contributed by atoms with Crippen LogP contribution in [0.3, 0.4) is 0 Å². The zero-order chi connectivity index (χ0) is 12.3. The summed E-state index contributed by atoms with van der Waals surface area (Å²) in [5.74, 6) is 1.44. The van der Waals surface area contributed by atoms with E-state index in [4.69, 9.17) is 11.6 Å². The summed E-state index contributed by atoms with van der Waals surface area (Å²) in [6, 6.07) is 1.32. The van der Waals surface area contributed by atoms with Gasteiger partial charge in [-0.15, -0.1) is 0 Å². The number of nitro groups is 1. The molecule has 1 aromatic heterocycles. The molecule has 1 fully saturated rings. The fourth-order valence-corrected chi connectivity index (χ4v) is 1.89. The predicted octanol–water partition coefficient (Wildman–Crippen LogP) is 3.25. The Morgan fingerprint density at radius 2 is 2.35 bits per heavy atom. The Kier molecular flexibility index (Phi) is 3.78. The van der Waals surface area contributed by atoms with Gasteiger partial charge in [-0.3, -0.25) is 10.1 Å². The summed E-state index contributed by atoms with van der Waals surface area (Å²) in [5.41, 5.74) is -0.0847. The summed E-state index contributed by atoms with van der Waals surface area (Å²) in [6.07, 6.45) is 6.25. The van der Waals surface area contributed by atoms with Crippen molar-refractivity contribution >= 4 is 23.1 Å². The van der Waals surface area contributed by atoms with Crippen molar-refractivity contribution in [1.82, 2.24) is 4.98 Å². The van der Waals surface area contributed by atoms with Crippen LogP contribution in [0.4, 0.5) is 11.5 Å². The van der Waals surface area contributed by atoms with Gasteiger partial charge in [0.2, 0.25) is 0 Å². The molecule has 0 spiro atoms. The van der Waals surface area contributed by atoms with Crippen LogP contribution in [-0.2, 0) is 0 Å². The molecule has 17 heavy (non-hydrogen) atoms. The second-order valence-corrected chi connectivity index (χ2v) is 4.70. The number of rotatable bonds is 6. The van der Waals surface area contributed by atoms with E-state index >= 15 is 0 Å². The van der Waals surface area contributed by atoms with Crippen LogP contribution in [0.1, 0.15) is 25.7 Å². The summed E-state index contributed by atoms with van der Waals surface area (Å²) in [7, 11) is 0. The number of nitrogens with zero attached hydrogens (tertiary/aromatic N) is 2. The molecule has 6 heteroatoms. The van der Waals surface area contributed by atoms with Crippen LogP contribution in [-0.4, -0.2) is 16.5 Å². The van der Waals surface area contributed by atoms with Gasteiger partial charge in [-0.25, -0.2) is 4.98 Å². The van der Waals surface area contributed by atoms with E-state index in [-0.39, 0.29) is 5.69 Å². The van der Waals surface area contributed by atoms with Gasteiger partial charge in [-0.2, -0.15) is 0 Å². The van der Waals surface area contributed by atoms with Crippen molar-refractivity contribution in [2.75, 3.05) is 11.9 Å². The monoisotopic (exact) mass is 255 g/mol. The summed E-state index contributed by atoms with van der Waals surface area (Å²) < 4.78 is 0. The summed E-state index contributed by atoms with van der Waals surface area (Å²) in [4.78, 5) is 13.9. The number of nitrogens with one attached hydrogen (secondary N) is 1. The molecule has 0 unspecified atom stereocenters. The summed E-state index contributed by atoms with van der Waals surface area (Å²) in [5, 5.41) is 13.9. The number of anilines is 1. The van der Waals surface area contributed by atoms with Gasteiger partial charge in [0.1, 0.15) is 12.0 Å². The number of pyridine rings is 1. The van der Waals surface area contributed by atoms with Crippen LogP contribution in [0, 0.1) is 16.0 Å². The zero-order valence-electron chi connectivity index (χ0n) is 9.36. The lowest BCUT2D eigenvalue weighted by atomic mass is 10.2. The molecule has 1 saturated carbocycles. The lowest BCUT2D eigenvalue weighted by Crippen LogP contribution is -2.04. The molecular weight excluding hydrogens is 242 g/mol. The van der Waals surface area contributed by atoms with Crippen molar-refractivity contribution in [2.24, 2.45) is 5.92 Å². The fraction of sp³-hybridized carbons (Fsp3) is 0.545. The molecule has 0 saturated heterocycles. The average molecular weight is 256 g/mol. The molecule has 1 aliphatic rings. The van der Waals surface area contributed by atoms with E-state index in [0.29, 0.717) is 10.8 Å². The fourth-order valence-electron chi connectivity index (χ4n) is 1.66. The zero-order valence-corrected chi connectivity index (χ0v) is 10.1. The van der Waals surface area contributed by atoms with E-state index in [0.717, 1.165) is 18.9 Å². The Morgan fingerprint density at radius 1 is 1.59 bits per heavy atom. The largest absolute Gasteiger partial charge is 0.369 e. The minimum Gasteiger partial charge on any atom is -0.369 e. The minimum absolute atomic E-state index is 0.0847. The maximum atomic E-state index is 10.5. The third-order valence-corrected chi connectivity index (χ3v) is 3.10. The van der Waals surface area contributed by atoms with Gasteiger partial charge in [-0.1, -0.05) is 24.4 Å². The topological polar surface area (TPSA) is 68.1 Å². The Bertz CT molecular complexity index is 421. The number of halogens is 1. The molecule has 92 valence electrons. The molecule has 0 atom stereocenters. The maximum absolute atomic E-state index is 10.5. The Labute approximate surface area is 104 Å². The van der Waals surface area contributed by atoms with Gasteiger partial charge in [0.05, 0.1) is 9.95 Å². The molecule has 1 aromatic rings. The molecule has 0 radical (unpaired) electrons. The van der Waals surface area contributed by atoms with Gasteiger partial charge in [0, 0.05) is 12.6 Å². The molecule has 0 aliphatic heterocycles. The highest BCUT2D eigenvalue weighted by Gasteiger charge is 2.20. The first kappa shape index (κ1) is 12.1. The average Bonchev–Trinajstić information content (AvgIpc) is 3.09. The molecule has 1 aliphatic carbocycles. The smallest absolute Gasteiger partial charge is 0.289 e. The molecular formula is C11H14ClN3O2. The standard InChI is InChI=1S/C11H14ClN3O2/c12-10-6-9(15(16)17)7-14-11(10)13-5-1-2-8-3-4-8/h6-8H,1-5H2,(H,13,14). The second-order valence-electron chi connectivity index (χ2n) is 4.29. The summed E-state index contributed by atoms with van der Waals surface area (Å²) in [6.45, 7) is 0.807. The third kappa shape index (κ3) is 3.56. The van der Waals surface area contributed by atoms with Crippen LogP contribution in [0.5, 0.6) is 0 Å².